The lowest BCUT2D eigenvalue weighted by atomic mass is 10.1. The molecular weight excluding hydrogens is 369 g/mol. The zero-order valence-corrected chi connectivity index (χ0v) is 16.2. The lowest BCUT2D eigenvalue weighted by Crippen LogP contribution is -2.34. The fraction of sp³-hybridized carbons (Fsp3) is 0.304. The maximum absolute atomic E-state index is 12.9. The number of aromatic nitrogens is 1. The molecule has 1 aromatic heterocycles. The summed E-state index contributed by atoms with van der Waals surface area (Å²) in [5.74, 6) is -0.632. The van der Waals surface area contributed by atoms with Crippen LogP contribution in [0.4, 0.5) is 4.39 Å². The number of nitrogens with zero attached hydrogens (tertiary/aromatic N) is 1. The second-order valence-corrected chi connectivity index (χ2v) is 7.52. The van der Waals surface area contributed by atoms with E-state index in [1.165, 1.54) is 23.1 Å². The Morgan fingerprint density at radius 2 is 1.93 bits per heavy atom. The van der Waals surface area contributed by atoms with Crippen molar-refractivity contribution in [2.45, 2.75) is 19.3 Å². The van der Waals surface area contributed by atoms with E-state index in [4.69, 9.17) is 0 Å². The average molecular weight is 393 g/mol. The Kier molecular flexibility index (Phi) is 5.60. The first-order chi connectivity index (χ1) is 14.1. The van der Waals surface area contributed by atoms with Crippen LogP contribution in [0.5, 0.6) is 0 Å². The fourth-order valence-corrected chi connectivity index (χ4v) is 3.88. The first-order valence-electron chi connectivity index (χ1n) is 9.95. The summed E-state index contributed by atoms with van der Waals surface area (Å²) in [4.78, 5) is 29.8. The third-order valence-corrected chi connectivity index (χ3v) is 5.54. The van der Waals surface area contributed by atoms with Crippen LogP contribution in [0, 0.1) is 11.7 Å². The van der Waals surface area contributed by atoms with Crippen molar-refractivity contribution in [1.29, 1.82) is 0 Å². The molecule has 150 valence electrons. The van der Waals surface area contributed by atoms with Crippen molar-refractivity contribution in [2.75, 3.05) is 19.6 Å². The lowest BCUT2D eigenvalue weighted by Gasteiger charge is -2.16. The minimum absolute atomic E-state index is 0.0310. The molecular formula is C23H24FN3O2. The molecule has 2 amide bonds. The van der Waals surface area contributed by atoms with Gasteiger partial charge in [-0.1, -0.05) is 30.3 Å². The molecule has 2 N–H and O–H groups in total. The van der Waals surface area contributed by atoms with Gasteiger partial charge in [-0.3, -0.25) is 9.59 Å². The molecule has 1 saturated heterocycles. The summed E-state index contributed by atoms with van der Waals surface area (Å²) in [6.45, 7) is 1.55. The monoisotopic (exact) mass is 393 g/mol. The Morgan fingerprint density at radius 3 is 2.76 bits per heavy atom. The molecule has 5 nitrogen and oxygen atoms in total. The van der Waals surface area contributed by atoms with Crippen LogP contribution in [0.3, 0.4) is 0 Å². The van der Waals surface area contributed by atoms with Gasteiger partial charge in [0, 0.05) is 43.2 Å². The maximum Gasteiger partial charge on any atom is 0.225 e. The van der Waals surface area contributed by atoms with Gasteiger partial charge < -0.3 is 15.2 Å². The van der Waals surface area contributed by atoms with Crippen LogP contribution >= 0.6 is 0 Å². The van der Waals surface area contributed by atoms with E-state index in [2.05, 4.69) is 16.4 Å². The number of carbonyl (C=O) groups is 2. The predicted octanol–water partition coefficient (Wildman–Crippen LogP) is 3.06. The number of hydrogen-bond donors (Lipinski definition) is 2. The molecule has 0 saturated carbocycles. The Bertz CT molecular complexity index is 1010. The molecule has 2 heterocycles. The average Bonchev–Trinajstić information content (AvgIpc) is 3.31. The highest BCUT2D eigenvalue weighted by molar-refractivity contribution is 5.89. The van der Waals surface area contributed by atoms with Crippen LogP contribution in [0.2, 0.25) is 0 Å². The van der Waals surface area contributed by atoms with E-state index in [0.29, 0.717) is 26.1 Å². The van der Waals surface area contributed by atoms with Gasteiger partial charge in [0.05, 0.1) is 5.92 Å². The number of likely N-dealkylation sites (tertiary alicyclic amines) is 1. The zero-order chi connectivity index (χ0) is 20.2. The second-order valence-electron chi connectivity index (χ2n) is 7.52. The number of hydrogen-bond acceptors (Lipinski definition) is 2. The minimum atomic E-state index is -0.307. The van der Waals surface area contributed by atoms with Crippen molar-refractivity contribution >= 4 is 22.7 Å². The van der Waals surface area contributed by atoms with Gasteiger partial charge >= 0.3 is 0 Å². The van der Waals surface area contributed by atoms with Crippen molar-refractivity contribution in [1.82, 2.24) is 15.2 Å². The van der Waals surface area contributed by atoms with Crippen molar-refractivity contribution < 1.29 is 14.0 Å². The van der Waals surface area contributed by atoms with Gasteiger partial charge in [-0.2, -0.15) is 0 Å². The highest BCUT2D eigenvalue weighted by Gasteiger charge is 2.33. The lowest BCUT2D eigenvalue weighted by molar-refractivity contribution is -0.129. The molecule has 1 aliphatic rings. The Labute approximate surface area is 168 Å². The number of nitrogens with one attached hydrogen (secondary N) is 2. The van der Waals surface area contributed by atoms with Crippen LogP contribution < -0.4 is 5.32 Å². The molecule has 6 heteroatoms. The third-order valence-electron chi connectivity index (χ3n) is 5.54. The number of H-pyrrole nitrogens is 1. The van der Waals surface area contributed by atoms with Crippen LogP contribution in [0.15, 0.2) is 54.7 Å². The van der Waals surface area contributed by atoms with Gasteiger partial charge in [0.15, 0.2) is 0 Å². The highest BCUT2D eigenvalue weighted by Crippen LogP contribution is 2.21. The van der Waals surface area contributed by atoms with E-state index in [1.54, 1.807) is 17.0 Å². The van der Waals surface area contributed by atoms with Gasteiger partial charge in [-0.15, -0.1) is 0 Å². The number of fused-ring (bicyclic) bond motifs is 1. The Hall–Kier alpha value is -3.15. The summed E-state index contributed by atoms with van der Waals surface area (Å²) < 4.78 is 12.9. The smallest absolute Gasteiger partial charge is 0.225 e. The van der Waals surface area contributed by atoms with Crippen LogP contribution in [-0.4, -0.2) is 41.3 Å². The number of carbonyl (C=O) groups excluding carboxylic acids is 2. The first kappa shape index (κ1) is 19.2. The highest BCUT2D eigenvalue weighted by atomic mass is 19.1. The normalized spacial score (nSPS) is 16.5. The summed E-state index contributed by atoms with van der Waals surface area (Å²) in [7, 11) is 0. The summed E-state index contributed by atoms with van der Waals surface area (Å²) in [6, 6.07) is 14.4. The summed E-state index contributed by atoms with van der Waals surface area (Å²) >= 11 is 0. The molecule has 29 heavy (non-hydrogen) atoms. The number of halogens is 1. The molecule has 1 fully saturated rings. The van der Waals surface area contributed by atoms with E-state index in [9.17, 15) is 14.0 Å². The molecule has 4 rings (SSSR count). The Balaban J connectivity index is 1.26. The standard InChI is InChI=1S/C23H24FN3O2/c24-19-7-5-16(6-8-19)9-11-25-23(29)18-13-22(28)27(15-18)12-10-17-14-26-21-4-2-1-3-20(17)21/h1-8,14,18,26H,9-13,15H2,(H,25,29). The van der Waals surface area contributed by atoms with Crippen LogP contribution in [0.25, 0.3) is 10.9 Å². The topological polar surface area (TPSA) is 65.2 Å². The maximum atomic E-state index is 12.9. The molecule has 0 aliphatic carbocycles. The molecule has 2 aromatic carbocycles. The van der Waals surface area contributed by atoms with E-state index in [0.717, 1.165) is 17.5 Å². The Morgan fingerprint density at radius 1 is 1.14 bits per heavy atom. The van der Waals surface area contributed by atoms with Gasteiger partial charge in [0.2, 0.25) is 11.8 Å². The molecule has 0 bridgehead atoms. The van der Waals surface area contributed by atoms with E-state index >= 15 is 0 Å². The van der Waals surface area contributed by atoms with Gasteiger partial charge in [-0.25, -0.2) is 4.39 Å². The minimum Gasteiger partial charge on any atom is -0.361 e. The summed E-state index contributed by atoms with van der Waals surface area (Å²) in [6.07, 6.45) is 3.65. The molecule has 1 atom stereocenters. The fourth-order valence-electron chi connectivity index (χ4n) is 3.88. The SMILES string of the molecule is O=C(NCCc1ccc(F)cc1)C1CC(=O)N(CCc2c[nH]c3ccccc23)C1. The van der Waals surface area contributed by atoms with E-state index < -0.39 is 0 Å². The van der Waals surface area contributed by atoms with E-state index in [-0.39, 0.29) is 30.0 Å². The van der Waals surface area contributed by atoms with Crippen molar-refractivity contribution in [2.24, 2.45) is 5.92 Å². The number of aromatic amines is 1. The van der Waals surface area contributed by atoms with Crippen molar-refractivity contribution in [3.63, 3.8) is 0 Å². The molecule has 1 unspecified atom stereocenters. The molecule has 3 aromatic rings. The summed E-state index contributed by atoms with van der Waals surface area (Å²) in [5, 5.41) is 4.08. The number of para-hydroxylation sites is 1. The van der Waals surface area contributed by atoms with Gasteiger partial charge in [0.1, 0.15) is 5.82 Å². The molecule has 1 aliphatic heterocycles. The van der Waals surface area contributed by atoms with Crippen LogP contribution in [-0.2, 0) is 22.4 Å². The van der Waals surface area contributed by atoms with Crippen molar-refractivity contribution in [3.8, 4) is 0 Å². The quantitative estimate of drug-likeness (QED) is 0.648. The van der Waals surface area contributed by atoms with Crippen molar-refractivity contribution in [3.05, 3.63) is 71.7 Å². The zero-order valence-electron chi connectivity index (χ0n) is 16.2. The molecule has 0 radical (unpaired) electrons. The van der Waals surface area contributed by atoms with Gasteiger partial charge in [0.25, 0.3) is 0 Å². The molecule has 0 spiro atoms. The number of rotatable bonds is 7. The second kappa shape index (κ2) is 8.47. The number of benzene rings is 2. The third kappa shape index (κ3) is 4.47. The largest absolute Gasteiger partial charge is 0.361 e. The predicted molar refractivity (Wildman–Crippen MR) is 110 cm³/mol. The van der Waals surface area contributed by atoms with E-state index in [1.807, 2.05) is 24.4 Å². The van der Waals surface area contributed by atoms with Gasteiger partial charge in [-0.05, 0) is 42.2 Å². The van der Waals surface area contributed by atoms with Crippen LogP contribution in [0.1, 0.15) is 17.5 Å². The number of amides is 2. The summed E-state index contributed by atoms with van der Waals surface area (Å²) in [5.41, 5.74) is 3.24. The first-order valence-corrected chi connectivity index (χ1v) is 9.95.